The van der Waals surface area contributed by atoms with Crippen LogP contribution in [-0.4, -0.2) is 5.91 Å². The van der Waals surface area contributed by atoms with Crippen molar-refractivity contribution in [3.63, 3.8) is 0 Å². The molecule has 19 heavy (non-hydrogen) atoms. The molecule has 0 radical (unpaired) electrons. The number of carbonyl (C=O) groups excluding carboxylic acids is 1. The molecular formula is C17H23NO. The highest BCUT2D eigenvalue weighted by atomic mass is 16.1. The summed E-state index contributed by atoms with van der Waals surface area (Å²) in [5.41, 5.74) is 3.40. The van der Waals surface area contributed by atoms with Gasteiger partial charge in [-0.25, -0.2) is 0 Å². The van der Waals surface area contributed by atoms with Gasteiger partial charge in [-0.1, -0.05) is 18.6 Å². The van der Waals surface area contributed by atoms with E-state index in [2.05, 4.69) is 25.2 Å². The molecule has 2 saturated carbocycles. The second kappa shape index (κ2) is 4.99. The molecule has 2 aliphatic rings. The number of aryl methyl sites for hydroxylation is 1. The first-order valence-corrected chi connectivity index (χ1v) is 7.49. The first kappa shape index (κ1) is 12.7. The van der Waals surface area contributed by atoms with Crippen LogP contribution in [0.5, 0.6) is 0 Å². The second-order valence-corrected chi connectivity index (χ2v) is 6.43. The Labute approximate surface area is 115 Å². The van der Waals surface area contributed by atoms with Gasteiger partial charge in [-0.2, -0.15) is 0 Å². The van der Waals surface area contributed by atoms with E-state index in [-0.39, 0.29) is 5.91 Å². The number of hydrogen-bond acceptors (Lipinski definition) is 1. The molecule has 3 rings (SSSR count). The number of carbonyl (C=O) groups is 1. The van der Waals surface area contributed by atoms with E-state index in [4.69, 9.17) is 0 Å². The topological polar surface area (TPSA) is 29.1 Å². The Bertz CT molecular complexity index is 494. The summed E-state index contributed by atoms with van der Waals surface area (Å²) in [5, 5.41) is 3.10. The van der Waals surface area contributed by atoms with Crippen LogP contribution in [0.4, 0.5) is 5.69 Å². The van der Waals surface area contributed by atoms with Crippen molar-refractivity contribution < 1.29 is 4.79 Å². The van der Waals surface area contributed by atoms with E-state index in [9.17, 15) is 4.79 Å². The van der Waals surface area contributed by atoms with E-state index >= 15 is 0 Å². The second-order valence-electron chi connectivity index (χ2n) is 6.43. The molecule has 0 spiro atoms. The molecule has 0 heterocycles. The number of rotatable bonds is 3. The van der Waals surface area contributed by atoms with Gasteiger partial charge in [-0.05, 0) is 68.1 Å². The Hall–Kier alpha value is -1.31. The lowest BCUT2D eigenvalue weighted by Crippen LogP contribution is -2.20. The lowest BCUT2D eigenvalue weighted by atomic mass is 9.86. The van der Waals surface area contributed by atoms with Crippen LogP contribution in [0.1, 0.15) is 43.2 Å². The third-order valence-electron chi connectivity index (χ3n) is 5.21. The van der Waals surface area contributed by atoms with Crippen LogP contribution in [-0.2, 0) is 4.79 Å². The molecule has 2 heteroatoms. The van der Waals surface area contributed by atoms with Gasteiger partial charge in [0, 0.05) is 12.1 Å². The molecule has 0 aliphatic heterocycles. The van der Waals surface area contributed by atoms with Crippen LogP contribution < -0.4 is 5.32 Å². The molecule has 2 aliphatic carbocycles. The van der Waals surface area contributed by atoms with Crippen molar-refractivity contribution in [1.29, 1.82) is 0 Å². The maximum Gasteiger partial charge on any atom is 0.224 e. The zero-order valence-corrected chi connectivity index (χ0v) is 11.9. The van der Waals surface area contributed by atoms with Crippen LogP contribution in [0, 0.1) is 31.6 Å². The highest BCUT2D eigenvalue weighted by molar-refractivity contribution is 5.91. The summed E-state index contributed by atoms with van der Waals surface area (Å²) in [6, 6.07) is 6.09. The minimum Gasteiger partial charge on any atom is -0.326 e. The Kier molecular flexibility index (Phi) is 3.34. The zero-order chi connectivity index (χ0) is 13.4. The van der Waals surface area contributed by atoms with Gasteiger partial charge in [0.25, 0.3) is 0 Å². The average molecular weight is 257 g/mol. The van der Waals surface area contributed by atoms with Crippen LogP contribution in [0.15, 0.2) is 18.2 Å². The number of amides is 1. The molecule has 2 bridgehead atoms. The summed E-state index contributed by atoms with van der Waals surface area (Å²) in [5.74, 6) is 2.59. The van der Waals surface area contributed by atoms with Gasteiger partial charge < -0.3 is 5.32 Å². The van der Waals surface area contributed by atoms with Gasteiger partial charge in [0.1, 0.15) is 0 Å². The molecule has 1 N–H and O–H groups in total. The molecular weight excluding hydrogens is 234 g/mol. The van der Waals surface area contributed by atoms with Gasteiger partial charge in [-0.15, -0.1) is 0 Å². The van der Waals surface area contributed by atoms with Crippen molar-refractivity contribution in [1.82, 2.24) is 0 Å². The molecule has 0 saturated heterocycles. The van der Waals surface area contributed by atoms with Gasteiger partial charge in [0.2, 0.25) is 5.91 Å². The Morgan fingerprint density at radius 3 is 2.79 bits per heavy atom. The summed E-state index contributed by atoms with van der Waals surface area (Å²) < 4.78 is 0. The maximum atomic E-state index is 12.2. The van der Waals surface area contributed by atoms with Crippen molar-refractivity contribution >= 4 is 11.6 Å². The molecule has 0 unspecified atom stereocenters. The fourth-order valence-electron chi connectivity index (χ4n) is 3.95. The van der Waals surface area contributed by atoms with E-state index in [0.717, 1.165) is 17.5 Å². The van der Waals surface area contributed by atoms with Crippen LogP contribution in [0.3, 0.4) is 0 Å². The number of hydrogen-bond donors (Lipinski definition) is 1. The Morgan fingerprint density at radius 2 is 2.11 bits per heavy atom. The van der Waals surface area contributed by atoms with Crippen LogP contribution >= 0.6 is 0 Å². The Morgan fingerprint density at radius 1 is 1.26 bits per heavy atom. The molecule has 1 aromatic carbocycles. The van der Waals surface area contributed by atoms with Crippen molar-refractivity contribution in [2.45, 2.75) is 46.0 Å². The summed E-state index contributed by atoms with van der Waals surface area (Å²) in [6.45, 7) is 4.16. The third kappa shape index (κ3) is 2.54. The normalized spacial score (nSPS) is 28.6. The van der Waals surface area contributed by atoms with E-state index in [1.807, 2.05) is 12.1 Å². The standard InChI is InChI=1S/C17H23NO/c1-11-4-3-5-16(12(11)2)18-17(19)10-15-9-13-6-7-14(15)8-13/h3-5,13-15H,6-10H2,1-2H3,(H,18,19)/t13-,14-,15-/m1/s1. The molecule has 2 nitrogen and oxygen atoms in total. The molecule has 3 atom stereocenters. The van der Waals surface area contributed by atoms with Gasteiger partial charge in [0.15, 0.2) is 0 Å². The van der Waals surface area contributed by atoms with Crippen molar-refractivity contribution in [3.05, 3.63) is 29.3 Å². The predicted molar refractivity (Wildman–Crippen MR) is 78.1 cm³/mol. The molecule has 1 aromatic rings. The predicted octanol–water partition coefficient (Wildman–Crippen LogP) is 4.07. The van der Waals surface area contributed by atoms with Crippen molar-refractivity contribution in [3.8, 4) is 0 Å². The van der Waals surface area contributed by atoms with E-state index in [1.165, 1.54) is 36.8 Å². The fraction of sp³-hybridized carbons (Fsp3) is 0.588. The minimum absolute atomic E-state index is 0.200. The van der Waals surface area contributed by atoms with Gasteiger partial charge in [0.05, 0.1) is 0 Å². The summed E-state index contributed by atoms with van der Waals surface area (Å²) in [4.78, 5) is 12.2. The van der Waals surface area contributed by atoms with E-state index in [1.54, 1.807) is 0 Å². The SMILES string of the molecule is Cc1cccc(NC(=O)C[C@H]2C[C@@H]3CC[C@@H]2C3)c1C. The van der Waals surface area contributed by atoms with E-state index in [0.29, 0.717) is 12.3 Å². The molecule has 0 aromatic heterocycles. The summed E-state index contributed by atoms with van der Waals surface area (Å²) >= 11 is 0. The molecule has 102 valence electrons. The lowest BCUT2D eigenvalue weighted by Gasteiger charge is -2.21. The lowest BCUT2D eigenvalue weighted by molar-refractivity contribution is -0.117. The average Bonchev–Trinajstić information content (AvgIpc) is 2.97. The number of anilines is 1. The summed E-state index contributed by atoms with van der Waals surface area (Å²) in [7, 11) is 0. The first-order chi connectivity index (χ1) is 9.13. The molecule has 2 fully saturated rings. The smallest absolute Gasteiger partial charge is 0.224 e. The maximum absolute atomic E-state index is 12.2. The Balaban J connectivity index is 1.61. The van der Waals surface area contributed by atoms with Gasteiger partial charge >= 0.3 is 0 Å². The van der Waals surface area contributed by atoms with Crippen LogP contribution in [0.25, 0.3) is 0 Å². The molecule has 1 amide bonds. The van der Waals surface area contributed by atoms with Crippen molar-refractivity contribution in [2.24, 2.45) is 17.8 Å². The monoisotopic (exact) mass is 257 g/mol. The highest BCUT2D eigenvalue weighted by Crippen LogP contribution is 2.49. The largest absolute Gasteiger partial charge is 0.326 e. The zero-order valence-electron chi connectivity index (χ0n) is 11.9. The van der Waals surface area contributed by atoms with Crippen LogP contribution in [0.2, 0.25) is 0 Å². The quantitative estimate of drug-likeness (QED) is 0.869. The first-order valence-electron chi connectivity index (χ1n) is 7.49. The minimum atomic E-state index is 0.200. The fourth-order valence-corrected chi connectivity index (χ4v) is 3.95. The third-order valence-corrected chi connectivity index (χ3v) is 5.21. The number of benzene rings is 1. The highest BCUT2D eigenvalue weighted by Gasteiger charge is 2.40. The number of nitrogens with one attached hydrogen (secondary N) is 1. The van der Waals surface area contributed by atoms with Gasteiger partial charge in [-0.3, -0.25) is 4.79 Å². The van der Waals surface area contributed by atoms with E-state index < -0.39 is 0 Å². The van der Waals surface area contributed by atoms with Crippen molar-refractivity contribution in [2.75, 3.05) is 5.32 Å². The number of fused-ring (bicyclic) bond motifs is 2. The summed E-state index contributed by atoms with van der Waals surface area (Å²) in [6.07, 6.45) is 6.13.